The van der Waals surface area contributed by atoms with Crippen molar-refractivity contribution < 1.29 is 9.59 Å². The molecule has 0 spiro atoms. The molecule has 3 fully saturated rings. The van der Waals surface area contributed by atoms with Crippen LogP contribution in [-0.2, 0) is 4.79 Å². The summed E-state index contributed by atoms with van der Waals surface area (Å²) in [5.74, 6) is 0.665. The molecule has 0 radical (unpaired) electrons. The van der Waals surface area contributed by atoms with Gasteiger partial charge in [0, 0.05) is 29.6 Å². The van der Waals surface area contributed by atoms with Gasteiger partial charge >= 0.3 is 6.03 Å². The Hall–Kier alpha value is -0.640. The lowest BCUT2D eigenvalue weighted by Crippen LogP contribution is -2.52. The van der Waals surface area contributed by atoms with Crippen LogP contribution in [0.1, 0.15) is 40.5 Å². The molecule has 3 rings (SSSR count). The standard InChI is InChI=1S/C17H31N5O2S2/c1-9-12(10-8-25-14(20-10)17(2,3)4)26-15(19-9)21-16(24)22-7-5-6-11(22)13(18)23/h9-12,14-15,19-20H,5-8H2,1-4H3,(H2,18,23)(H,21,24)/t9?,10?,11-,12?,14?,15?/m1/s1. The number of carbonyl (C=O) groups is 2. The number of hydrogen-bond donors (Lipinski definition) is 4. The Morgan fingerprint density at radius 1 is 1.27 bits per heavy atom. The molecule has 0 aromatic rings. The highest BCUT2D eigenvalue weighted by molar-refractivity contribution is 8.01. The van der Waals surface area contributed by atoms with Crippen LogP contribution in [0.4, 0.5) is 4.79 Å². The van der Waals surface area contributed by atoms with Crippen molar-refractivity contribution in [3.63, 3.8) is 0 Å². The van der Waals surface area contributed by atoms with Crippen LogP contribution in [-0.4, -0.2) is 63.4 Å². The molecule has 0 aromatic heterocycles. The Morgan fingerprint density at radius 3 is 2.62 bits per heavy atom. The fourth-order valence-electron chi connectivity index (χ4n) is 3.85. The molecule has 0 saturated carbocycles. The minimum absolute atomic E-state index is 0.142. The van der Waals surface area contributed by atoms with Crippen molar-refractivity contribution in [2.75, 3.05) is 12.3 Å². The van der Waals surface area contributed by atoms with Gasteiger partial charge < -0.3 is 21.3 Å². The van der Waals surface area contributed by atoms with E-state index in [0.29, 0.717) is 35.7 Å². The number of likely N-dealkylation sites (tertiary alicyclic amines) is 1. The Morgan fingerprint density at radius 2 is 2.00 bits per heavy atom. The number of nitrogens with two attached hydrogens (primary N) is 1. The number of hydrogen-bond acceptors (Lipinski definition) is 6. The monoisotopic (exact) mass is 401 g/mol. The Balaban J connectivity index is 1.54. The lowest BCUT2D eigenvalue weighted by molar-refractivity contribution is -0.121. The summed E-state index contributed by atoms with van der Waals surface area (Å²) >= 11 is 3.75. The van der Waals surface area contributed by atoms with E-state index in [4.69, 9.17) is 5.73 Å². The van der Waals surface area contributed by atoms with Gasteiger partial charge in [-0.2, -0.15) is 0 Å². The molecule has 26 heavy (non-hydrogen) atoms. The predicted molar refractivity (Wildman–Crippen MR) is 108 cm³/mol. The first-order valence-corrected chi connectivity index (χ1v) is 11.3. The highest BCUT2D eigenvalue weighted by atomic mass is 32.2. The van der Waals surface area contributed by atoms with Crippen LogP contribution in [0.2, 0.25) is 0 Å². The maximum atomic E-state index is 12.6. The van der Waals surface area contributed by atoms with Crippen molar-refractivity contribution in [2.24, 2.45) is 11.1 Å². The van der Waals surface area contributed by atoms with Crippen molar-refractivity contribution in [3.05, 3.63) is 0 Å². The zero-order valence-electron chi connectivity index (χ0n) is 16.0. The number of nitrogens with zero attached hydrogens (tertiary/aromatic N) is 1. The number of primary amides is 1. The third kappa shape index (κ3) is 4.26. The van der Waals surface area contributed by atoms with Crippen molar-refractivity contribution in [1.29, 1.82) is 0 Å². The van der Waals surface area contributed by atoms with Gasteiger partial charge in [0.15, 0.2) is 0 Å². The third-order valence-electron chi connectivity index (χ3n) is 5.29. The molecule has 3 aliphatic rings. The van der Waals surface area contributed by atoms with Crippen molar-refractivity contribution in [3.8, 4) is 0 Å². The molecule has 3 aliphatic heterocycles. The molecule has 3 heterocycles. The number of urea groups is 1. The summed E-state index contributed by atoms with van der Waals surface area (Å²) in [5.41, 5.74) is 5.50. The van der Waals surface area contributed by atoms with Crippen LogP contribution < -0.4 is 21.7 Å². The highest BCUT2D eigenvalue weighted by Gasteiger charge is 2.43. The fraction of sp³-hybridized carbons (Fsp3) is 0.882. The number of nitrogens with one attached hydrogen (secondary N) is 3. The molecular weight excluding hydrogens is 370 g/mol. The Kier molecular flexibility index (Phi) is 6.01. The summed E-state index contributed by atoms with van der Waals surface area (Å²) in [7, 11) is 0. The first-order valence-electron chi connectivity index (χ1n) is 9.32. The van der Waals surface area contributed by atoms with Gasteiger partial charge in [0.2, 0.25) is 5.91 Å². The highest BCUT2D eigenvalue weighted by Crippen LogP contribution is 2.38. The van der Waals surface area contributed by atoms with E-state index >= 15 is 0 Å². The average Bonchev–Trinajstić information content (AvgIpc) is 3.24. The van der Waals surface area contributed by atoms with Gasteiger partial charge in [-0.3, -0.25) is 10.1 Å². The van der Waals surface area contributed by atoms with Crippen molar-refractivity contribution in [2.45, 2.75) is 74.8 Å². The van der Waals surface area contributed by atoms with Crippen LogP contribution >= 0.6 is 23.5 Å². The largest absolute Gasteiger partial charge is 0.368 e. The molecule has 5 unspecified atom stereocenters. The number of thioether (sulfide) groups is 2. The quantitative estimate of drug-likeness (QED) is 0.565. The maximum absolute atomic E-state index is 12.6. The molecule has 148 valence electrons. The summed E-state index contributed by atoms with van der Waals surface area (Å²) in [5, 5.41) is 11.1. The van der Waals surface area contributed by atoms with Gasteiger partial charge in [-0.15, -0.1) is 23.5 Å². The smallest absolute Gasteiger partial charge is 0.319 e. The summed E-state index contributed by atoms with van der Waals surface area (Å²) in [6.07, 6.45) is 1.48. The molecule has 5 N–H and O–H groups in total. The molecule has 0 aromatic carbocycles. The zero-order valence-corrected chi connectivity index (χ0v) is 17.6. The van der Waals surface area contributed by atoms with E-state index in [1.807, 2.05) is 11.8 Å². The van der Waals surface area contributed by atoms with Crippen molar-refractivity contribution >= 4 is 35.5 Å². The number of amides is 3. The van der Waals surface area contributed by atoms with E-state index in [0.717, 1.165) is 12.2 Å². The molecule has 3 saturated heterocycles. The molecule has 3 amide bonds. The van der Waals surface area contributed by atoms with E-state index < -0.39 is 11.9 Å². The van der Waals surface area contributed by atoms with E-state index in [1.165, 1.54) is 0 Å². The zero-order chi connectivity index (χ0) is 19.1. The Bertz CT molecular complexity index is 556. The van der Waals surface area contributed by atoms with Gasteiger partial charge in [-0.05, 0) is 25.2 Å². The molecule has 0 aliphatic carbocycles. The molecule has 6 atom stereocenters. The summed E-state index contributed by atoms with van der Waals surface area (Å²) in [6, 6.07) is 0.0388. The molecule has 9 heteroatoms. The summed E-state index contributed by atoms with van der Waals surface area (Å²) in [4.78, 5) is 25.7. The predicted octanol–water partition coefficient (Wildman–Crippen LogP) is 1.10. The lowest BCUT2D eigenvalue weighted by atomic mass is 9.95. The van der Waals surface area contributed by atoms with Gasteiger partial charge in [0.25, 0.3) is 0 Å². The normalized spacial score (nSPS) is 37.9. The fourth-order valence-corrected chi connectivity index (χ4v) is 6.90. The third-order valence-corrected chi connectivity index (χ3v) is 8.59. The lowest BCUT2D eigenvalue weighted by Gasteiger charge is -2.28. The van der Waals surface area contributed by atoms with Gasteiger partial charge in [-0.1, -0.05) is 20.8 Å². The maximum Gasteiger partial charge on any atom is 0.319 e. The molecule has 7 nitrogen and oxygen atoms in total. The second-order valence-electron chi connectivity index (χ2n) is 8.49. The second-order valence-corrected chi connectivity index (χ2v) is 10.9. The van der Waals surface area contributed by atoms with Crippen LogP contribution in [0.25, 0.3) is 0 Å². The van der Waals surface area contributed by atoms with Crippen LogP contribution in [0, 0.1) is 5.41 Å². The van der Waals surface area contributed by atoms with Gasteiger partial charge in [-0.25, -0.2) is 4.79 Å². The SMILES string of the molecule is CC1NC(NC(=O)N2CCC[C@@H]2C(N)=O)SC1C1CSC(C(C)(C)C)N1. The molecule has 0 bridgehead atoms. The average molecular weight is 402 g/mol. The number of carbonyl (C=O) groups excluding carboxylic acids is 2. The topological polar surface area (TPSA) is 99.5 Å². The summed E-state index contributed by atoms with van der Waals surface area (Å²) < 4.78 is 0. The number of rotatable bonds is 3. The van der Waals surface area contributed by atoms with Crippen molar-refractivity contribution in [1.82, 2.24) is 20.9 Å². The minimum Gasteiger partial charge on any atom is -0.368 e. The Labute approximate surface area is 164 Å². The first kappa shape index (κ1) is 20.1. The van der Waals surface area contributed by atoms with E-state index in [2.05, 4.69) is 43.6 Å². The van der Waals surface area contributed by atoms with E-state index in [-0.39, 0.29) is 16.9 Å². The van der Waals surface area contributed by atoms with Crippen LogP contribution in [0.3, 0.4) is 0 Å². The summed E-state index contributed by atoms with van der Waals surface area (Å²) in [6.45, 7) is 9.54. The minimum atomic E-state index is -0.477. The van der Waals surface area contributed by atoms with Gasteiger partial charge in [0.05, 0.1) is 5.37 Å². The van der Waals surface area contributed by atoms with Gasteiger partial charge in [0.1, 0.15) is 11.5 Å². The van der Waals surface area contributed by atoms with E-state index in [9.17, 15) is 9.59 Å². The van der Waals surface area contributed by atoms with Crippen LogP contribution in [0.5, 0.6) is 0 Å². The molecular formula is C17H31N5O2S2. The second kappa shape index (κ2) is 7.77. The van der Waals surface area contributed by atoms with Crippen LogP contribution in [0.15, 0.2) is 0 Å². The first-order chi connectivity index (χ1) is 12.2. The van der Waals surface area contributed by atoms with E-state index in [1.54, 1.807) is 16.7 Å².